The molecule has 0 spiro atoms. The number of rotatable bonds is 1. The Morgan fingerprint density at radius 1 is 1.31 bits per heavy atom. The molecule has 0 bridgehead atoms. The van der Waals surface area contributed by atoms with Crippen molar-refractivity contribution in [2.24, 2.45) is 0 Å². The van der Waals surface area contributed by atoms with Gasteiger partial charge in [-0.1, -0.05) is 23.8 Å². The highest BCUT2D eigenvalue weighted by molar-refractivity contribution is 7.12. The highest BCUT2D eigenvalue weighted by Gasteiger charge is 2.18. The largest absolute Gasteiger partial charge is 0.294 e. The molecule has 1 aliphatic carbocycles. The third-order valence-corrected chi connectivity index (χ3v) is 3.81. The van der Waals surface area contributed by atoms with Crippen molar-refractivity contribution in [3.05, 3.63) is 16.7 Å². The van der Waals surface area contributed by atoms with Crippen LogP contribution >= 0.6 is 11.5 Å². The maximum absolute atomic E-state index is 12.1. The van der Waals surface area contributed by atoms with Crippen LogP contribution in [0.3, 0.4) is 0 Å². The maximum Gasteiger partial charge on any atom is 0.282 e. The summed E-state index contributed by atoms with van der Waals surface area (Å²) in [6.07, 6.45) is 7.48. The van der Waals surface area contributed by atoms with Gasteiger partial charge in [0, 0.05) is 17.6 Å². The predicted molar refractivity (Wildman–Crippen MR) is 61.6 cm³/mol. The molecule has 0 aromatic carbocycles. The van der Waals surface area contributed by atoms with Crippen molar-refractivity contribution in [3.63, 3.8) is 0 Å². The molecule has 0 radical (unpaired) electrons. The van der Waals surface area contributed by atoms with Crippen LogP contribution in [0.15, 0.2) is 11.1 Å². The van der Waals surface area contributed by atoms with Crippen LogP contribution in [0.5, 0.6) is 0 Å². The Morgan fingerprint density at radius 3 is 2.94 bits per heavy atom. The summed E-state index contributed by atoms with van der Waals surface area (Å²) < 4.78 is 5.50. The lowest BCUT2D eigenvalue weighted by atomic mass is 9.95. The molecule has 6 heteroatoms. The zero-order chi connectivity index (χ0) is 11.0. The SMILES string of the molecule is O=c1c2nnsc2ncn1C1CCCCC1. The zero-order valence-corrected chi connectivity index (χ0v) is 9.61. The zero-order valence-electron chi connectivity index (χ0n) is 8.80. The van der Waals surface area contributed by atoms with E-state index in [0.29, 0.717) is 16.4 Å². The average Bonchev–Trinajstić information content (AvgIpc) is 2.80. The fourth-order valence-electron chi connectivity index (χ4n) is 2.31. The minimum atomic E-state index is -0.0364. The highest BCUT2D eigenvalue weighted by atomic mass is 32.1. The summed E-state index contributed by atoms with van der Waals surface area (Å²) in [7, 11) is 0. The van der Waals surface area contributed by atoms with E-state index in [0.717, 1.165) is 12.8 Å². The molecule has 84 valence electrons. The Bertz CT molecular complexity index is 555. The first kappa shape index (κ1) is 9.89. The summed E-state index contributed by atoms with van der Waals surface area (Å²) in [5.74, 6) is 0. The van der Waals surface area contributed by atoms with E-state index in [1.165, 1.54) is 30.8 Å². The molecule has 1 aliphatic rings. The van der Waals surface area contributed by atoms with Gasteiger partial charge in [0.2, 0.25) is 0 Å². The molecule has 1 saturated carbocycles. The van der Waals surface area contributed by atoms with Gasteiger partial charge in [0.25, 0.3) is 5.56 Å². The molecule has 2 aromatic rings. The van der Waals surface area contributed by atoms with Crippen LogP contribution in [0.4, 0.5) is 0 Å². The molecule has 1 fully saturated rings. The monoisotopic (exact) mass is 236 g/mol. The van der Waals surface area contributed by atoms with Gasteiger partial charge >= 0.3 is 0 Å². The van der Waals surface area contributed by atoms with Crippen molar-refractivity contribution < 1.29 is 0 Å². The topological polar surface area (TPSA) is 60.7 Å². The van der Waals surface area contributed by atoms with E-state index in [2.05, 4.69) is 14.6 Å². The van der Waals surface area contributed by atoms with Gasteiger partial charge in [0.05, 0.1) is 6.33 Å². The van der Waals surface area contributed by atoms with Gasteiger partial charge in [-0.3, -0.25) is 9.36 Å². The van der Waals surface area contributed by atoms with Crippen molar-refractivity contribution in [2.45, 2.75) is 38.1 Å². The lowest BCUT2D eigenvalue weighted by Gasteiger charge is -2.23. The first-order chi connectivity index (χ1) is 7.86. The lowest BCUT2D eigenvalue weighted by Crippen LogP contribution is -2.26. The lowest BCUT2D eigenvalue weighted by molar-refractivity contribution is 0.345. The van der Waals surface area contributed by atoms with Crippen molar-refractivity contribution in [1.82, 2.24) is 19.1 Å². The predicted octanol–water partition coefficient (Wildman–Crippen LogP) is 1.75. The molecule has 0 N–H and O–H groups in total. The number of aromatic nitrogens is 4. The van der Waals surface area contributed by atoms with Crippen molar-refractivity contribution >= 4 is 21.9 Å². The number of hydrogen-bond donors (Lipinski definition) is 0. The Morgan fingerprint density at radius 2 is 2.12 bits per heavy atom. The summed E-state index contributed by atoms with van der Waals surface area (Å²) in [5.41, 5.74) is 0.378. The molecular formula is C10H12N4OS. The van der Waals surface area contributed by atoms with E-state index in [1.807, 2.05) is 0 Å². The van der Waals surface area contributed by atoms with Crippen LogP contribution in [0, 0.1) is 0 Å². The number of nitrogens with zero attached hydrogens (tertiary/aromatic N) is 4. The average molecular weight is 236 g/mol. The van der Waals surface area contributed by atoms with E-state index in [-0.39, 0.29) is 5.56 Å². The fraction of sp³-hybridized carbons (Fsp3) is 0.600. The smallest absolute Gasteiger partial charge is 0.282 e. The highest BCUT2D eigenvalue weighted by Crippen LogP contribution is 2.26. The molecule has 5 nitrogen and oxygen atoms in total. The minimum absolute atomic E-state index is 0.0364. The van der Waals surface area contributed by atoms with Gasteiger partial charge in [-0.25, -0.2) is 4.98 Å². The molecule has 0 unspecified atom stereocenters. The summed E-state index contributed by atoms with van der Waals surface area (Å²) in [6.45, 7) is 0. The Balaban J connectivity index is 2.09. The standard InChI is InChI=1S/C10H12N4OS/c15-10-8-9(16-13-12-8)11-6-14(10)7-4-2-1-3-5-7/h6-7H,1-5H2. The molecule has 0 saturated heterocycles. The quantitative estimate of drug-likeness (QED) is 0.757. The third-order valence-electron chi connectivity index (χ3n) is 3.18. The first-order valence-corrected chi connectivity index (χ1v) is 6.33. The molecule has 0 atom stereocenters. The van der Waals surface area contributed by atoms with E-state index in [4.69, 9.17) is 0 Å². The molecule has 0 aliphatic heterocycles. The molecule has 2 heterocycles. The van der Waals surface area contributed by atoms with Crippen LogP contribution in [-0.4, -0.2) is 19.1 Å². The van der Waals surface area contributed by atoms with E-state index >= 15 is 0 Å². The Kier molecular flexibility index (Phi) is 2.43. The van der Waals surface area contributed by atoms with Crippen LogP contribution in [-0.2, 0) is 0 Å². The van der Waals surface area contributed by atoms with E-state index in [1.54, 1.807) is 10.9 Å². The molecule has 2 aromatic heterocycles. The summed E-state index contributed by atoms with van der Waals surface area (Å²) in [5, 5.41) is 3.85. The van der Waals surface area contributed by atoms with Crippen molar-refractivity contribution in [1.29, 1.82) is 0 Å². The van der Waals surface area contributed by atoms with Gasteiger partial charge in [-0.2, -0.15) is 0 Å². The molecule has 0 amide bonds. The normalized spacial score (nSPS) is 18.0. The van der Waals surface area contributed by atoms with Gasteiger partial charge in [-0.05, 0) is 12.8 Å². The summed E-state index contributed by atoms with van der Waals surface area (Å²) in [4.78, 5) is 17.0. The molecule has 16 heavy (non-hydrogen) atoms. The van der Waals surface area contributed by atoms with Gasteiger partial charge < -0.3 is 0 Å². The van der Waals surface area contributed by atoms with Crippen molar-refractivity contribution in [2.75, 3.05) is 0 Å². The Hall–Kier alpha value is -1.30. The summed E-state index contributed by atoms with van der Waals surface area (Å²) in [6, 6.07) is 0.305. The second kappa shape index (κ2) is 3.93. The van der Waals surface area contributed by atoms with Gasteiger partial charge in [0.1, 0.15) is 0 Å². The molecule has 3 rings (SSSR count). The summed E-state index contributed by atoms with van der Waals surface area (Å²) >= 11 is 1.17. The number of hydrogen-bond acceptors (Lipinski definition) is 5. The third kappa shape index (κ3) is 1.53. The fourth-order valence-corrected chi connectivity index (χ4v) is 2.82. The second-order valence-corrected chi connectivity index (χ2v) is 4.91. The van der Waals surface area contributed by atoms with E-state index in [9.17, 15) is 4.79 Å². The van der Waals surface area contributed by atoms with Gasteiger partial charge in [0.15, 0.2) is 10.3 Å². The number of fused-ring (bicyclic) bond motifs is 1. The minimum Gasteiger partial charge on any atom is -0.294 e. The van der Waals surface area contributed by atoms with Gasteiger partial charge in [-0.15, -0.1) is 5.10 Å². The van der Waals surface area contributed by atoms with Crippen LogP contribution in [0.25, 0.3) is 10.3 Å². The van der Waals surface area contributed by atoms with E-state index < -0.39 is 0 Å². The second-order valence-electron chi connectivity index (χ2n) is 4.18. The maximum atomic E-state index is 12.1. The first-order valence-electron chi connectivity index (χ1n) is 5.55. The Labute approximate surface area is 96.3 Å². The molecular weight excluding hydrogens is 224 g/mol. The van der Waals surface area contributed by atoms with Crippen LogP contribution in [0.2, 0.25) is 0 Å². The van der Waals surface area contributed by atoms with Crippen LogP contribution < -0.4 is 5.56 Å². The van der Waals surface area contributed by atoms with Crippen molar-refractivity contribution in [3.8, 4) is 0 Å². The van der Waals surface area contributed by atoms with Crippen LogP contribution in [0.1, 0.15) is 38.1 Å².